The molecule has 0 atom stereocenters. The quantitative estimate of drug-likeness (QED) is 0.584. The van der Waals surface area contributed by atoms with E-state index >= 15 is 0 Å². The zero-order valence-electron chi connectivity index (χ0n) is 10.8. The number of H-pyrrole nitrogens is 1. The van der Waals surface area contributed by atoms with Gasteiger partial charge in [0.25, 0.3) is 5.78 Å². The average Bonchev–Trinajstić information content (AvgIpc) is 3.05. The van der Waals surface area contributed by atoms with Gasteiger partial charge in [0.05, 0.1) is 0 Å². The van der Waals surface area contributed by atoms with Crippen molar-refractivity contribution in [2.24, 2.45) is 0 Å². The van der Waals surface area contributed by atoms with Gasteiger partial charge in [-0.2, -0.15) is 14.6 Å². The van der Waals surface area contributed by atoms with Crippen LogP contribution in [-0.2, 0) is 0 Å². The van der Waals surface area contributed by atoms with Crippen LogP contribution in [0.25, 0.3) is 16.7 Å². The molecule has 0 aliphatic carbocycles. The molecule has 4 rings (SSSR count). The highest BCUT2D eigenvalue weighted by Gasteiger charge is 2.06. The maximum absolute atomic E-state index is 4.32. The topological polar surface area (TPSA) is 70.9 Å². The largest absolute Gasteiger partial charge is 0.361 e. The standard InChI is InChI=1S/C14H12N6/c1-9-6-13(20-14(18-9)16-8-17-20)19-11-2-3-12-10(7-11)4-5-15-12/h2-8,15,19H,1H3. The van der Waals surface area contributed by atoms with Crippen LogP contribution in [0.15, 0.2) is 42.9 Å². The Hall–Kier alpha value is -2.89. The number of aromatic nitrogens is 5. The second-order valence-electron chi connectivity index (χ2n) is 4.66. The summed E-state index contributed by atoms with van der Waals surface area (Å²) in [5.74, 6) is 1.44. The van der Waals surface area contributed by atoms with Gasteiger partial charge in [0.2, 0.25) is 0 Å². The molecular formula is C14H12N6. The molecule has 0 amide bonds. The molecular weight excluding hydrogens is 252 g/mol. The van der Waals surface area contributed by atoms with E-state index in [0.29, 0.717) is 5.78 Å². The van der Waals surface area contributed by atoms with Crippen LogP contribution in [0.5, 0.6) is 0 Å². The lowest BCUT2D eigenvalue weighted by Crippen LogP contribution is -2.02. The number of hydrogen-bond acceptors (Lipinski definition) is 4. The number of nitrogens with zero attached hydrogens (tertiary/aromatic N) is 4. The first kappa shape index (κ1) is 11.0. The minimum absolute atomic E-state index is 0.593. The first-order chi connectivity index (χ1) is 9.79. The van der Waals surface area contributed by atoms with Crippen molar-refractivity contribution in [3.05, 3.63) is 48.5 Å². The summed E-state index contributed by atoms with van der Waals surface area (Å²) in [5, 5.41) is 8.71. The molecule has 0 radical (unpaired) electrons. The summed E-state index contributed by atoms with van der Waals surface area (Å²) in [4.78, 5) is 11.6. The van der Waals surface area contributed by atoms with Crippen molar-refractivity contribution in [1.82, 2.24) is 24.6 Å². The maximum Gasteiger partial charge on any atom is 0.254 e. The van der Waals surface area contributed by atoms with Crippen molar-refractivity contribution in [2.75, 3.05) is 5.32 Å². The van der Waals surface area contributed by atoms with Gasteiger partial charge in [0, 0.05) is 34.5 Å². The summed E-state index contributed by atoms with van der Waals surface area (Å²) in [6, 6.07) is 10.2. The van der Waals surface area contributed by atoms with Crippen LogP contribution in [0.1, 0.15) is 5.69 Å². The molecule has 0 fully saturated rings. The van der Waals surface area contributed by atoms with Crippen LogP contribution in [0.2, 0.25) is 0 Å². The molecule has 2 N–H and O–H groups in total. The van der Waals surface area contributed by atoms with E-state index in [1.807, 2.05) is 37.4 Å². The summed E-state index contributed by atoms with van der Waals surface area (Å²) in [6.45, 7) is 1.94. The summed E-state index contributed by atoms with van der Waals surface area (Å²) >= 11 is 0. The van der Waals surface area contributed by atoms with E-state index in [1.54, 1.807) is 4.52 Å². The number of anilines is 2. The Morgan fingerprint density at radius 2 is 2.15 bits per heavy atom. The molecule has 1 aromatic carbocycles. The van der Waals surface area contributed by atoms with Gasteiger partial charge < -0.3 is 10.3 Å². The van der Waals surface area contributed by atoms with Gasteiger partial charge in [-0.3, -0.25) is 0 Å². The number of rotatable bonds is 2. The second kappa shape index (κ2) is 4.06. The molecule has 0 aliphatic rings. The molecule has 0 saturated heterocycles. The predicted octanol–water partition coefficient (Wildman–Crippen LogP) is 2.66. The summed E-state index contributed by atoms with van der Waals surface area (Å²) < 4.78 is 1.69. The lowest BCUT2D eigenvalue weighted by atomic mass is 10.2. The lowest BCUT2D eigenvalue weighted by molar-refractivity contribution is 0.937. The number of nitrogens with one attached hydrogen (secondary N) is 2. The van der Waals surface area contributed by atoms with Crippen LogP contribution >= 0.6 is 0 Å². The minimum atomic E-state index is 0.593. The van der Waals surface area contributed by atoms with E-state index in [9.17, 15) is 0 Å². The highest BCUT2D eigenvalue weighted by molar-refractivity contribution is 5.83. The van der Waals surface area contributed by atoms with Crippen molar-refractivity contribution in [2.45, 2.75) is 6.92 Å². The SMILES string of the molecule is Cc1cc(Nc2ccc3[nH]ccc3c2)n2ncnc2n1. The van der Waals surface area contributed by atoms with Gasteiger partial charge >= 0.3 is 0 Å². The summed E-state index contributed by atoms with van der Waals surface area (Å²) in [7, 11) is 0. The summed E-state index contributed by atoms with van der Waals surface area (Å²) in [6.07, 6.45) is 3.43. The molecule has 6 heteroatoms. The Morgan fingerprint density at radius 3 is 3.10 bits per heavy atom. The van der Waals surface area contributed by atoms with Crippen molar-refractivity contribution in [3.63, 3.8) is 0 Å². The highest BCUT2D eigenvalue weighted by atomic mass is 15.3. The van der Waals surface area contributed by atoms with Gasteiger partial charge in [-0.15, -0.1) is 0 Å². The molecule has 98 valence electrons. The first-order valence-corrected chi connectivity index (χ1v) is 6.31. The molecule has 0 bridgehead atoms. The Balaban J connectivity index is 1.81. The van der Waals surface area contributed by atoms with Crippen molar-refractivity contribution >= 4 is 28.2 Å². The van der Waals surface area contributed by atoms with Crippen LogP contribution in [0.3, 0.4) is 0 Å². The Morgan fingerprint density at radius 1 is 1.20 bits per heavy atom. The van der Waals surface area contributed by atoms with Crippen LogP contribution in [0.4, 0.5) is 11.5 Å². The molecule has 6 nitrogen and oxygen atoms in total. The molecule has 4 aromatic rings. The van der Waals surface area contributed by atoms with E-state index in [-0.39, 0.29) is 0 Å². The van der Waals surface area contributed by atoms with Crippen LogP contribution in [0, 0.1) is 6.92 Å². The lowest BCUT2D eigenvalue weighted by Gasteiger charge is -2.08. The highest BCUT2D eigenvalue weighted by Crippen LogP contribution is 2.22. The normalized spacial score (nSPS) is 11.2. The number of benzene rings is 1. The van der Waals surface area contributed by atoms with Gasteiger partial charge in [0.15, 0.2) is 0 Å². The average molecular weight is 264 g/mol. The fourth-order valence-corrected chi connectivity index (χ4v) is 2.30. The van der Waals surface area contributed by atoms with Gasteiger partial charge in [-0.1, -0.05) is 0 Å². The number of hydrogen-bond donors (Lipinski definition) is 2. The maximum atomic E-state index is 4.32. The number of fused-ring (bicyclic) bond motifs is 2. The first-order valence-electron chi connectivity index (χ1n) is 6.31. The predicted molar refractivity (Wildman–Crippen MR) is 77.1 cm³/mol. The molecule has 3 heterocycles. The van der Waals surface area contributed by atoms with Crippen molar-refractivity contribution in [3.8, 4) is 0 Å². The third kappa shape index (κ3) is 1.70. The smallest absolute Gasteiger partial charge is 0.254 e. The zero-order chi connectivity index (χ0) is 13.5. The Labute approximate surface area is 114 Å². The Bertz CT molecular complexity index is 904. The third-order valence-corrected chi connectivity index (χ3v) is 3.21. The van der Waals surface area contributed by atoms with E-state index in [0.717, 1.165) is 28.1 Å². The van der Waals surface area contributed by atoms with Gasteiger partial charge in [-0.25, -0.2) is 4.98 Å². The molecule has 0 aliphatic heterocycles. The van der Waals surface area contributed by atoms with Crippen molar-refractivity contribution < 1.29 is 0 Å². The van der Waals surface area contributed by atoms with E-state index < -0.39 is 0 Å². The number of aromatic amines is 1. The second-order valence-corrected chi connectivity index (χ2v) is 4.66. The number of aryl methyl sites for hydroxylation is 1. The van der Waals surface area contributed by atoms with Crippen LogP contribution in [-0.4, -0.2) is 24.6 Å². The Kier molecular flexibility index (Phi) is 2.23. The monoisotopic (exact) mass is 264 g/mol. The minimum Gasteiger partial charge on any atom is -0.361 e. The van der Waals surface area contributed by atoms with Gasteiger partial charge in [0.1, 0.15) is 12.1 Å². The molecule has 3 aromatic heterocycles. The van der Waals surface area contributed by atoms with E-state index in [2.05, 4.69) is 31.4 Å². The zero-order valence-corrected chi connectivity index (χ0v) is 10.8. The molecule has 0 saturated carbocycles. The van der Waals surface area contributed by atoms with Crippen LogP contribution < -0.4 is 5.32 Å². The molecule has 0 spiro atoms. The van der Waals surface area contributed by atoms with E-state index in [1.165, 1.54) is 6.33 Å². The third-order valence-electron chi connectivity index (χ3n) is 3.21. The fraction of sp³-hybridized carbons (Fsp3) is 0.0714. The van der Waals surface area contributed by atoms with E-state index in [4.69, 9.17) is 0 Å². The van der Waals surface area contributed by atoms with Crippen molar-refractivity contribution in [1.29, 1.82) is 0 Å². The van der Waals surface area contributed by atoms with Gasteiger partial charge in [-0.05, 0) is 31.2 Å². The molecule has 20 heavy (non-hydrogen) atoms. The summed E-state index contributed by atoms with van der Waals surface area (Å²) in [5.41, 5.74) is 3.02. The molecule has 0 unspecified atom stereocenters. The fourth-order valence-electron chi connectivity index (χ4n) is 2.30.